The summed E-state index contributed by atoms with van der Waals surface area (Å²) in [6, 6.07) is 34.4. The van der Waals surface area contributed by atoms with Crippen LogP contribution in [0.3, 0.4) is 0 Å². The summed E-state index contributed by atoms with van der Waals surface area (Å²) < 4.78 is 32.2. The monoisotopic (exact) mass is 464 g/mol. The maximum absolute atomic E-state index is 13.7. The zero-order chi connectivity index (χ0) is 18.7. The zero-order valence-electron chi connectivity index (χ0n) is 14.6. The van der Waals surface area contributed by atoms with Gasteiger partial charge in [0, 0.05) is 0 Å². The standard InChI is InChI=1S/2C6H4F.2C6H5.Sn/c2*7-6-4-2-1-3-5-6;2*1-2-4-6-5-3-1;/h2*2-5H;2*1-5H;. The van der Waals surface area contributed by atoms with Crippen LogP contribution in [-0.2, 0) is 0 Å². The molecule has 3 heteroatoms. The van der Waals surface area contributed by atoms with Crippen molar-refractivity contribution in [3.8, 4) is 0 Å². The minimum atomic E-state index is -3.70. The van der Waals surface area contributed by atoms with Gasteiger partial charge in [-0.3, -0.25) is 0 Å². The zero-order valence-corrected chi connectivity index (χ0v) is 17.5. The molecule has 0 aromatic heterocycles. The van der Waals surface area contributed by atoms with Crippen molar-refractivity contribution in [2.24, 2.45) is 0 Å². The van der Waals surface area contributed by atoms with Crippen LogP contribution in [0.4, 0.5) is 8.78 Å². The van der Waals surface area contributed by atoms with E-state index in [1.807, 2.05) is 60.7 Å². The Morgan fingerprint density at radius 1 is 0.370 bits per heavy atom. The Kier molecular flexibility index (Phi) is 5.08. The summed E-state index contributed by atoms with van der Waals surface area (Å²) in [6.07, 6.45) is 0. The molecule has 0 radical (unpaired) electrons. The SMILES string of the molecule is Fc1cc[c]([Sn]([c]2ccccc2)([c]2ccccc2)[c]2ccc(F)cc2)cc1. The van der Waals surface area contributed by atoms with Crippen LogP contribution in [0.1, 0.15) is 0 Å². The Morgan fingerprint density at radius 2 is 0.667 bits per heavy atom. The molecule has 4 rings (SSSR count). The van der Waals surface area contributed by atoms with Crippen LogP contribution in [0.25, 0.3) is 0 Å². The summed E-state index contributed by atoms with van der Waals surface area (Å²) in [6.45, 7) is 0. The van der Waals surface area contributed by atoms with Gasteiger partial charge >= 0.3 is 162 Å². The third-order valence-corrected chi connectivity index (χ3v) is 18.7. The number of rotatable bonds is 4. The first kappa shape index (κ1) is 17.9. The van der Waals surface area contributed by atoms with Gasteiger partial charge in [-0.2, -0.15) is 0 Å². The summed E-state index contributed by atoms with van der Waals surface area (Å²) in [4.78, 5) is 0. The Morgan fingerprint density at radius 3 is 1.00 bits per heavy atom. The molecular weight excluding hydrogens is 445 g/mol. The third kappa shape index (κ3) is 3.30. The van der Waals surface area contributed by atoms with Crippen molar-refractivity contribution in [2.75, 3.05) is 0 Å². The first-order chi connectivity index (χ1) is 13.2. The molecule has 0 aliphatic carbocycles. The number of halogens is 2. The van der Waals surface area contributed by atoms with Crippen molar-refractivity contribution in [3.05, 3.63) is 121 Å². The fourth-order valence-corrected chi connectivity index (χ4v) is 17.2. The first-order valence-electron chi connectivity index (χ1n) is 8.84. The molecule has 0 N–H and O–H groups in total. The van der Waals surface area contributed by atoms with E-state index in [9.17, 15) is 8.78 Å². The van der Waals surface area contributed by atoms with E-state index in [2.05, 4.69) is 24.3 Å². The summed E-state index contributed by atoms with van der Waals surface area (Å²) in [5.74, 6) is -0.502. The van der Waals surface area contributed by atoms with Gasteiger partial charge in [0.05, 0.1) is 0 Å². The Bertz CT molecular complexity index is 924. The van der Waals surface area contributed by atoms with Crippen molar-refractivity contribution in [3.63, 3.8) is 0 Å². The second-order valence-corrected chi connectivity index (χ2v) is 17.4. The van der Waals surface area contributed by atoms with E-state index >= 15 is 0 Å². The van der Waals surface area contributed by atoms with Crippen LogP contribution in [0.2, 0.25) is 0 Å². The van der Waals surface area contributed by atoms with Crippen LogP contribution in [-0.4, -0.2) is 18.4 Å². The summed E-state index contributed by atoms with van der Waals surface area (Å²) in [5.41, 5.74) is 0. The molecule has 0 atom stereocenters. The van der Waals surface area contributed by atoms with Crippen LogP contribution < -0.4 is 14.3 Å². The van der Waals surface area contributed by atoms with Gasteiger partial charge in [-0.15, -0.1) is 0 Å². The van der Waals surface area contributed by atoms with E-state index < -0.39 is 18.4 Å². The van der Waals surface area contributed by atoms with Gasteiger partial charge in [0.1, 0.15) is 0 Å². The molecule has 0 aliphatic rings. The van der Waals surface area contributed by atoms with Crippen molar-refractivity contribution in [1.82, 2.24) is 0 Å². The van der Waals surface area contributed by atoms with Crippen LogP contribution in [0, 0.1) is 11.6 Å². The Labute approximate surface area is 162 Å². The Balaban J connectivity index is 2.11. The van der Waals surface area contributed by atoms with E-state index in [1.165, 1.54) is 31.4 Å². The predicted molar refractivity (Wildman–Crippen MR) is 110 cm³/mol. The summed E-state index contributed by atoms with van der Waals surface area (Å²) >= 11 is -3.70. The third-order valence-electron chi connectivity index (χ3n) is 4.97. The fraction of sp³-hybridized carbons (Fsp3) is 0. The average molecular weight is 463 g/mol. The van der Waals surface area contributed by atoms with E-state index in [1.54, 1.807) is 0 Å². The molecule has 0 aliphatic heterocycles. The van der Waals surface area contributed by atoms with Gasteiger partial charge in [0.15, 0.2) is 0 Å². The van der Waals surface area contributed by atoms with Gasteiger partial charge in [-0.1, -0.05) is 0 Å². The molecule has 0 bridgehead atoms. The normalized spacial score (nSPS) is 11.3. The molecule has 0 fully saturated rings. The number of hydrogen-bond donors (Lipinski definition) is 0. The van der Waals surface area contributed by atoms with Crippen molar-refractivity contribution in [1.29, 1.82) is 0 Å². The molecule has 27 heavy (non-hydrogen) atoms. The molecule has 0 heterocycles. The van der Waals surface area contributed by atoms with E-state index in [0.29, 0.717) is 0 Å². The quantitative estimate of drug-likeness (QED) is 0.408. The molecule has 4 aromatic rings. The van der Waals surface area contributed by atoms with Gasteiger partial charge in [-0.25, -0.2) is 0 Å². The van der Waals surface area contributed by atoms with Crippen molar-refractivity contribution in [2.45, 2.75) is 0 Å². The molecule has 0 saturated heterocycles. The molecule has 0 amide bonds. The molecule has 132 valence electrons. The van der Waals surface area contributed by atoms with Gasteiger partial charge in [0.2, 0.25) is 0 Å². The minimum absolute atomic E-state index is 0.251. The van der Waals surface area contributed by atoms with Crippen LogP contribution in [0.15, 0.2) is 109 Å². The van der Waals surface area contributed by atoms with Gasteiger partial charge in [0.25, 0.3) is 0 Å². The van der Waals surface area contributed by atoms with E-state index in [4.69, 9.17) is 0 Å². The second kappa shape index (κ2) is 7.65. The second-order valence-electron chi connectivity index (χ2n) is 6.50. The van der Waals surface area contributed by atoms with Gasteiger partial charge < -0.3 is 0 Å². The van der Waals surface area contributed by atoms with E-state index in [-0.39, 0.29) is 11.6 Å². The van der Waals surface area contributed by atoms with Crippen LogP contribution >= 0.6 is 0 Å². The Hall–Kier alpha value is -2.46. The molecule has 4 aromatic carbocycles. The number of benzene rings is 4. The van der Waals surface area contributed by atoms with E-state index in [0.717, 1.165) is 7.16 Å². The topological polar surface area (TPSA) is 0 Å². The van der Waals surface area contributed by atoms with Crippen molar-refractivity contribution >= 4 is 32.7 Å². The van der Waals surface area contributed by atoms with Crippen LogP contribution in [0.5, 0.6) is 0 Å². The maximum atomic E-state index is 13.7. The molecular formula is C24H18F2Sn. The molecule has 0 nitrogen and oxygen atoms in total. The predicted octanol–water partition coefficient (Wildman–Crippen LogP) is 3.34. The first-order valence-corrected chi connectivity index (χ1v) is 14.6. The average Bonchev–Trinajstić information content (AvgIpc) is 2.73. The van der Waals surface area contributed by atoms with Gasteiger partial charge in [-0.05, 0) is 0 Å². The molecule has 0 unspecified atom stereocenters. The fourth-order valence-electron chi connectivity index (χ4n) is 3.78. The molecule has 0 spiro atoms. The van der Waals surface area contributed by atoms with Crippen molar-refractivity contribution < 1.29 is 8.78 Å². The summed E-state index contributed by atoms with van der Waals surface area (Å²) in [5, 5.41) is 0. The summed E-state index contributed by atoms with van der Waals surface area (Å²) in [7, 11) is 0. The number of hydrogen-bond acceptors (Lipinski definition) is 0. The molecule has 0 saturated carbocycles.